The van der Waals surface area contributed by atoms with Crippen LogP contribution in [0.5, 0.6) is 0 Å². The Kier molecular flexibility index (Phi) is 6.23. The first-order chi connectivity index (χ1) is 16.7. The summed E-state index contributed by atoms with van der Waals surface area (Å²) in [4.78, 5) is 0. The monoisotopic (exact) mass is 436 g/mol. The van der Waals surface area contributed by atoms with Crippen LogP contribution in [0.3, 0.4) is 0 Å². The highest BCUT2D eigenvalue weighted by atomic mass is 14.1. The number of hydrogen-bond donors (Lipinski definition) is 0. The van der Waals surface area contributed by atoms with Gasteiger partial charge in [0.05, 0.1) is 0 Å². The van der Waals surface area contributed by atoms with Crippen molar-refractivity contribution in [1.29, 1.82) is 0 Å². The fraction of sp³-hybridized carbons (Fsp3) is 0.0588. The second-order valence-electron chi connectivity index (χ2n) is 8.82. The summed E-state index contributed by atoms with van der Waals surface area (Å²) in [6.07, 6.45) is 0. The van der Waals surface area contributed by atoms with Crippen molar-refractivity contribution >= 4 is 21.5 Å². The van der Waals surface area contributed by atoms with Crippen molar-refractivity contribution in [2.24, 2.45) is 0 Å². The summed E-state index contributed by atoms with van der Waals surface area (Å²) >= 11 is 0. The predicted octanol–water partition coefficient (Wildman–Crippen LogP) is 9.63. The first-order valence-electron chi connectivity index (χ1n) is 11.8. The smallest absolute Gasteiger partial charge is 0.0105 e. The van der Waals surface area contributed by atoms with Gasteiger partial charge in [-0.05, 0) is 63.7 Å². The minimum absolute atomic E-state index is 1.28. The van der Waals surface area contributed by atoms with Crippen LogP contribution in [0.25, 0.3) is 43.8 Å². The minimum Gasteiger partial charge on any atom is -0.0616 e. The molecule has 6 aromatic carbocycles. The van der Waals surface area contributed by atoms with E-state index in [0.29, 0.717) is 0 Å². The number of aryl methyl sites for hydroxylation is 2. The van der Waals surface area contributed by atoms with Gasteiger partial charge in [0, 0.05) is 0 Å². The molecule has 0 amide bonds. The van der Waals surface area contributed by atoms with Crippen LogP contribution in [0.2, 0.25) is 0 Å². The molecule has 0 unspecified atom stereocenters. The van der Waals surface area contributed by atoms with E-state index in [1.165, 1.54) is 54.9 Å². The van der Waals surface area contributed by atoms with Crippen molar-refractivity contribution in [3.8, 4) is 22.3 Å². The number of fused-ring (bicyclic) bond motifs is 2. The topological polar surface area (TPSA) is 0 Å². The summed E-state index contributed by atoms with van der Waals surface area (Å²) < 4.78 is 0. The Morgan fingerprint density at radius 3 is 1.59 bits per heavy atom. The molecule has 0 saturated carbocycles. The molecule has 0 aromatic heterocycles. The van der Waals surface area contributed by atoms with Crippen LogP contribution in [0.4, 0.5) is 0 Å². The van der Waals surface area contributed by atoms with Crippen molar-refractivity contribution < 1.29 is 0 Å². The Labute approximate surface area is 202 Å². The van der Waals surface area contributed by atoms with Crippen molar-refractivity contribution in [1.82, 2.24) is 0 Å². The number of benzene rings is 6. The van der Waals surface area contributed by atoms with Gasteiger partial charge in [-0.2, -0.15) is 0 Å². The number of hydrogen-bond acceptors (Lipinski definition) is 0. The zero-order valence-corrected chi connectivity index (χ0v) is 19.7. The van der Waals surface area contributed by atoms with E-state index in [-0.39, 0.29) is 0 Å². The maximum Gasteiger partial charge on any atom is -0.0105 e. The molecule has 0 N–H and O–H groups in total. The van der Waals surface area contributed by atoms with E-state index in [1.807, 2.05) is 0 Å². The first-order valence-corrected chi connectivity index (χ1v) is 11.8. The van der Waals surface area contributed by atoms with E-state index in [4.69, 9.17) is 0 Å². The van der Waals surface area contributed by atoms with Crippen molar-refractivity contribution in [3.63, 3.8) is 0 Å². The second-order valence-corrected chi connectivity index (χ2v) is 8.82. The summed E-state index contributed by atoms with van der Waals surface area (Å²) in [6, 6.07) is 47.5. The van der Waals surface area contributed by atoms with Gasteiger partial charge < -0.3 is 0 Å². The standard InChI is InChI=1S/2C17H14/c1-13-9-11-15(12-10-13)17-8-4-6-14-5-2-3-7-16(14)17;1-13-6-8-15(9-7-13)17-11-10-14-4-2-3-5-16(14)12-17/h2*2-12H,1H3. The molecule has 0 atom stereocenters. The average molecular weight is 437 g/mol. The van der Waals surface area contributed by atoms with E-state index in [9.17, 15) is 0 Å². The number of rotatable bonds is 2. The van der Waals surface area contributed by atoms with Gasteiger partial charge in [0.1, 0.15) is 0 Å². The van der Waals surface area contributed by atoms with Gasteiger partial charge >= 0.3 is 0 Å². The van der Waals surface area contributed by atoms with Gasteiger partial charge in [-0.1, -0.05) is 139 Å². The van der Waals surface area contributed by atoms with Crippen LogP contribution < -0.4 is 0 Å². The zero-order chi connectivity index (χ0) is 23.3. The van der Waals surface area contributed by atoms with Crippen molar-refractivity contribution in [3.05, 3.63) is 145 Å². The highest BCUT2D eigenvalue weighted by molar-refractivity contribution is 5.96. The summed E-state index contributed by atoms with van der Waals surface area (Å²) in [5.74, 6) is 0. The van der Waals surface area contributed by atoms with Crippen LogP contribution >= 0.6 is 0 Å². The molecular formula is C34H28. The fourth-order valence-corrected chi connectivity index (χ4v) is 4.33. The van der Waals surface area contributed by atoms with Crippen LogP contribution in [-0.2, 0) is 0 Å². The lowest BCUT2D eigenvalue weighted by atomic mass is 9.98. The highest BCUT2D eigenvalue weighted by Gasteiger charge is 2.02. The Balaban J connectivity index is 0.000000142. The maximum atomic E-state index is 2.25. The molecule has 0 nitrogen and oxygen atoms in total. The molecule has 0 aliphatic carbocycles. The zero-order valence-electron chi connectivity index (χ0n) is 19.7. The Morgan fingerprint density at radius 2 is 0.882 bits per heavy atom. The van der Waals surface area contributed by atoms with Crippen molar-refractivity contribution in [2.75, 3.05) is 0 Å². The van der Waals surface area contributed by atoms with Gasteiger partial charge in [0.2, 0.25) is 0 Å². The van der Waals surface area contributed by atoms with Gasteiger partial charge in [-0.25, -0.2) is 0 Å². The molecule has 6 aromatic rings. The molecule has 0 heterocycles. The quantitative estimate of drug-likeness (QED) is 0.253. The summed E-state index contributed by atoms with van der Waals surface area (Å²) in [5.41, 5.74) is 7.75. The van der Waals surface area contributed by atoms with E-state index in [2.05, 4.69) is 147 Å². The predicted molar refractivity (Wildman–Crippen MR) is 148 cm³/mol. The Bertz CT molecular complexity index is 1530. The molecule has 0 aliphatic rings. The van der Waals surface area contributed by atoms with Gasteiger partial charge in [-0.15, -0.1) is 0 Å². The van der Waals surface area contributed by atoms with Gasteiger partial charge in [-0.3, -0.25) is 0 Å². The fourth-order valence-electron chi connectivity index (χ4n) is 4.33. The van der Waals surface area contributed by atoms with Crippen LogP contribution in [-0.4, -0.2) is 0 Å². The highest BCUT2D eigenvalue weighted by Crippen LogP contribution is 2.28. The van der Waals surface area contributed by atoms with Crippen molar-refractivity contribution in [2.45, 2.75) is 13.8 Å². The van der Waals surface area contributed by atoms with Crippen LogP contribution in [0.15, 0.2) is 133 Å². The molecule has 0 aliphatic heterocycles. The molecule has 0 saturated heterocycles. The lowest BCUT2D eigenvalue weighted by Crippen LogP contribution is -1.81. The van der Waals surface area contributed by atoms with E-state index < -0.39 is 0 Å². The normalized spacial score (nSPS) is 10.6. The lowest BCUT2D eigenvalue weighted by molar-refractivity contribution is 1.47. The Hall–Kier alpha value is -4.16. The van der Waals surface area contributed by atoms with E-state index >= 15 is 0 Å². The third-order valence-corrected chi connectivity index (χ3v) is 6.29. The largest absolute Gasteiger partial charge is 0.0616 e. The third-order valence-electron chi connectivity index (χ3n) is 6.29. The molecule has 164 valence electrons. The minimum atomic E-state index is 1.28. The van der Waals surface area contributed by atoms with Gasteiger partial charge in [0.25, 0.3) is 0 Å². The molecular weight excluding hydrogens is 408 g/mol. The first kappa shape index (κ1) is 21.7. The van der Waals surface area contributed by atoms with E-state index in [1.54, 1.807) is 0 Å². The maximum absolute atomic E-state index is 2.25. The molecule has 0 heteroatoms. The van der Waals surface area contributed by atoms with E-state index in [0.717, 1.165) is 0 Å². The molecule has 0 bridgehead atoms. The second kappa shape index (κ2) is 9.77. The Morgan fingerprint density at radius 1 is 0.353 bits per heavy atom. The van der Waals surface area contributed by atoms with Crippen LogP contribution in [0, 0.1) is 13.8 Å². The molecule has 0 radical (unpaired) electrons. The molecule has 0 fully saturated rings. The molecule has 0 spiro atoms. The van der Waals surface area contributed by atoms with Crippen LogP contribution in [0.1, 0.15) is 11.1 Å². The summed E-state index contributed by atoms with van der Waals surface area (Å²) in [7, 11) is 0. The summed E-state index contributed by atoms with van der Waals surface area (Å²) in [6.45, 7) is 4.23. The SMILES string of the molecule is Cc1ccc(-c2ccc3ccccc3c2)cc1.Cc1ccc(-c2cccc3ccccc23)cc1. The summed E-state index contributed by atoms with van der Waals surface area (Å²) in [5, 5.41) is 5.21. The lowest BCUT2D eigenvalue weighted by Gasteiger charge is -2.07. The molecule has 6 rings (SSSR count). The molecule has 34 heavy (non-hydrogen) atoms. The third kappa shape index (κ3) is 4.77. The average Bonchev–Trinajstić information content (AvgIpc) is 2.89. The van der Waals surface area contributed by atoms with Gasteiger partial charge in [0.15, 0.2) is 0 Å².